The summed E-state index contributed by atoms with van der Waals surface area (Å²) >= 11 is 11.2. The van der Waals surface area contributed by atoms with Gasteiger partial charge >= 0.3 is 0 Å². The van der Waals surface area contributed by atoms with Crippen LogP contribution in [0.3, 0.4) is 0 Å². The molecule has 0 spiro atoms. The fourth-order valence-corrected chi connectivity index (χ4v) is 4.07. The second kappa shape index (κ2) is 7.38. The van der Waals surface area contributed by atoms with Crippen LogP contribution in [0.2, 0.25) is 0 Å². The number of carbonyl (C=O) groups is 2. The molecule has 0 aromatic carbocycles. The molecule has 0 unspecified atom stereocenters. The van der Waals surface area contributed by atoms with Gasteiger partial charge in [0.25, 0.3) is 11.8 Å². The third-order valence-corrected chi connectivity index (χ3v) is 5.71. The summed E-state index contributed by atoms with van der Waals surface area (Å²) in [5.74, 6) is -0.207. The molecule has 7 nitrogen and oxygen atoms in total. The van der Waals surface area contributed by atoms with Gasteiger partial charge < -0.3 is 0 Å². The first-order valence-corrected chi connectivity index (χ1v) is 9.48. The zero-order valence-electron chi connectivity index (χ0n) is 11.9. The first-order valence-electron chi connectivity index (χ1n) is 6.58. The van der Waals surface area contributed by atoms with Crippen LogP contribution in [0.15, 0.2) is 33.4 Å². The van der Waals surface area contributed by atoms with Crippen molar-refractivity contribution in [2.24, 2.45) is 0 Å². The molecule has 0 radical (unpaired) electrons. The monoisotopic (exact) mass is 443 g/mol. The minimum absolute atomic E-state index is 0.0586. The third-order valence-electron chi connectivity index (χ3n) is 2.91. The minimum Gasteiger partial charge on any atom is -0.290 e. The second-order valence-corrected chi connectivity index (χ2v) is 8.32. The Kier molecular flexibility index (Phi) is 5.23. The summed E-state index contributed by atoms with van der Waals surface area (Å²) in [4.78, 5) is 25.4. The van der Waals surface area contributed by atoms with E-state index in [2.05, 4.69) is 37.0 Å². The van der Waals surface area contributed by atoms with Crippen LogP contribution in [0, 0.1) is 4.77 Å². The van der Waals surface area contributed by atoms with Crippen molar-refractivity contribution in [1.82, 2.24) is 25.6 Å². The van der Waals surface area contributed by atoms with Crippen molar-refractivity contribution < 1.29 is 9.59 Å². The van der Waals surface area contributed by atoms with Crippen LogP contribution in [0.4, 0.5) is 0 Å². The number of hydrazine groups is 1. The number of aromatic amines is 1. The summed E-state index contributed by atoms with van der Waals surface area (Å²) in [7, 11) is 0. The molecule has 3 N–H and O–H groups in total. The molecule has 124 valence electrons. The summed E-state index contributed by atoms with van der Waals surface area (Å²) in [6, 6.07) is 7.21. The maximum atomic E-state index is 12.1. The molecule has 11 heteroatoms. The molecule has 0 saturated heterocycles. The fraction of sp³-hybridized carbons (Fsp3) is 0.0769. The Morgan fingerprint density at radius 3 is 2.83 bits per heavy atom. The van der Waals surface area contributed by atoms with Crippen LogP contribution >= 0.6 is 50.8 Å². The van der Waals surface area contributed by atoms with Crippen molar-refractivity contribution in [1.29, 1.82) is 0 Å². The van der Waals surface area contributed by atoms with Crippen LogP contribution < -0.4 is 10.9 Å². The molecule has 3 rings (SSSR count). The van der Waals surface area contributed by atoms with E-state index in [9.17, 15) is 9.59 Å². The highest BCUT2D eigenvalue weighted by molar-refractivity contribution is 9.11. The SMILES string of the molecule is O=C(Cn1c(-c2cccs2)n[nH]c1=S)NNC(=O)c1ccc(Br)s1. The highest BCUT2D eigenvalue weighted by Crippen LogP contribution is 2.23. The highest BCUT2D eigenvalue weighted by Gasteiger charge is 2.14. The standard InChI is InChI=1S/C13H10BrN5O2S3/c14-9-4-3-8(24-9)12(21)17-15-10(20)6-19-11(16-18-13(19)22)7-2-1-5-23-7/h1-5H,6H2,(H,15,20)(H,17,21)(H,18,22). The van der Waals surface area contributed by atoms with E-state index in [1.807, 2.05) is 17.5 Å². The van der Waals surface area contributed by atoms with Crippen molar-refractivity contribution in [2.75, 3.05) is 0 Å². The van der Waals surface area contributed by atoms with Crippen LogP contribution in [0.1, 0.15) is 9.67 Å². The van der Waals surface area contributed by atoms with Gasteiger partial charge in [0.1, 0.15) is 6.54 Å². The van der Waals surface area contributed by atoms with E-state index < -0.39 is 5.91 Å². The van der Waals surface area contributed by atoms with E-state index in [4.69, 9.17) is 12.2 Å². The lowest BCUT2D eigenvalue weighted by Crippen LogP contribution is -2.43. The maximum absolute atomic E-state index is 12.1. The number of halogens is 1. The molecule has 3 aromatic heterocycles. The van der Waals surface area contributed by atoms with Gasteiger partial charge in [0.05, 0.1) is 13.5 Å². The van der Waals surface area contributed by atoms with E-state index in [1.54, 1.807) is 16.7 Å². The molecule has 0 aliphatic rings. The van der Waals surface area contributed by atoms with E-state index in [-0.39, 0.29) is 12.5 Å². The number of nitrogens with one attached hydrogen (secondary N) is 3. The van der Waals surface area contributed by atoms with Crippen LogP contribution in [0.25, 0.3) is 10.7 Å². The second-order valence-electron chi connectivity index (χ2n) is 4.52. The molecule has 3 heterocycles. The number of aromatic nitrogens is 3. The number of rotatable bonds is 4. The molecule has 24 heavy (non-hydrogen) atoms. The Labute approximate surface area is 157 Å². The lowest BCUT2D eigenvalue weighted by atomic mass is 10.4. The van der Waals surface area contributed by atoms with Crippen LogP contribution in [0.5, 0.6) is 0 Å². The van der Waals surface area contributed by atoms with Gasteiger partial charge in [-0.2, -0.15) is 5.10 Å². The number of amides is 2. The van der Waals surface area contributed by atoms with E-state index in [1.165, 1.54) is 22.7 Å². The Hall–Kier alpha value is -1.82. The molecule has 0 bridgehead atoms. The molecule has 0 atom stereocenters. The normalized spacial score (nSPS) is 10.5. The van der Waals surface area contributed by atoms with Gasteiger partial charge in [0.2, 0.25) is 0 Å². The van der Waals surface area contributed by atoms with E-state index in [0.29, 0.717) is 15.5 Å². The van der Waals surface area contributed by atoms with Gasteiger partial charge in [0.15, 0.2) is 10.6 Å². The Balaban J connectivity index is 1.65. The summed E-state index contributed by atoms with van der Waals surface area (Å²) < 4.78 is 2.75. The van der Waals surface area contributed by atoms with Crippen molar-refractivity contribution in [3.8, 4) is 10.7 Å². The van der Waals surface area contributed by atoms with Gasteiger partial charge in [-0.25, -0.2) is 0 Å². The Morgan fingerprint density at radius 1 is 1.33 bits per heavy atom. The van der Waals surface area contributed by atoms with E-state index in [0.717, 1.165) is 8.66 Å². The maximum Gasteiger partial charge on any atom is 0.279 e. The quantitative estimate of drug-likeness (QED) is 0.426. The molecule has 0 fully saturated rings. The van der Waals surface area contributed by atoms with Crippen LogP contribution in [-0.2, 0) is 11.3 Å². The smallest absolute Gasteiger partial charge is 0.279 e. The molecular weight excluding hydrogens is 434 g/mol. The first-order chi connectivity index (χ1) is 11.5. The highest BCUT2D eigenvalue weighted by atomic mass is 79.9. The average molecular weight is 444 g/mol. The molecule has 3 aromatic rings. The number of thiophene rings is 2. The Bertz CT molecular complexity index is 928. The summed E-state index contributed by atoms with van der Waals surface area (Å²) in [6.45, 7) is -0.0586. The van der Waals surface area contributed by atoms with Crippen molar-refractivity contribution in [3.05, 3.63) is 43.1 Å². The zero-order chi connectivity index (χ0) is 17.1. The van der Waals surface area contributed by atoms with E-state index >= 15 is 0 Å². The number of nitrogens with zero attached hydrogens (tertiary/aromatic N) is 2. The summed E-state index contributed by atoms with van der Waals surface area (Å²) in [5.41, 5.74) is 4.75. The summed E-state index contributed by atoms with van der Waals surface area (Å²) in [6.07, 6.45) is 0. The van der Waals surface area contributed by atoms with Gasteiger partial charge in [-0.15, -0.1) is 22.7 Å². The molecular formula is C13H10BrN5O2S3. The van der Waals surface area contributed by atoms with Crippen LogP contribution in [-0.4, -0.2) is 26.6 Å². The topological polar surface area (TPSA) is 91.8 Å². The average Bonchev–Trinajstić information content (AvgIpc) is 3.28. The van der Waals surface area contributed by atoms with Gasteiger partial charge in [-0.3, -0.25) is 30.1 Å². The summed E-state index contributed by atoms with van der Waals surface area (Å²) in [5, 5.41) is 8.73. The Morgan fingerprint density at radius 2 is 2.17 bits per heavy atom. The van der Waals surface area contributed by atoms with Crippen molar-refractivity contribution >= 4 is 62.6 Å². The number of hydrogen-bond acceptors (Lipinski definition) is 6. The van der Waals surface area contributed by atoms with Gasteiger partial charge in [-0.1, -0.05) is 6.07 Å². The minimum atomic E-state index is -0.408. The van der Waals surface area contributed by atoms with Crippen molar-refractivity contribution in [2.45, 2.75) is 6.54 Å². The predicted octanol–water partition coefficient (Wildman–Crippen LogP) is 2.95. The predicted molar refractivity (Wildman–Crippen MR) is 98.4 cm³/mol. The molecule has 0 aliphatic heterocycles. The largest absolute Gasteiger partial charge is 0.290 e. The lowest BCUT2D eigenvalue weighted by molar-refractivity contribution is -0.122. The first kappa shape index (κ1) is 17.0. The number of hydrogen-bond donors (Lipinski definition) is 3. The molecule has 2 amide bonds. The van der Waals surface area contributed by atoms with Gasteiger partial charge in [-0.05, 0) is 51.7 Å². The molecule has 0 saturated carbocycles. The number of H-pyrrole nitrogens is 1. The van der Waals surface area contributed by atoms with Gasteiger partial charge in [0, 0.05) is 0 Å². The number of carbonyl (C=O) groups excluding carboxylic acids is 2. The lowest BCUT2D eigenvalue weighted by Gasteiger charge is -2.08. The van der Waals surface area contributed by atoms with Crippen molar-refractivity contribution in [3.63, 3.8) is 0 Å². The zero-order valence-corrected chi connectivity index (χ0v) is 15.9. The third kappa shape index (κ3) is 3.80. The molecule has 0 aliphatic carbocycles. The fourth-order valence-electron chi connectivity index (χ4n) is 1.87.